The summed E-state index contributed by atoms with van der Waals surface area (Å²) >= 11 is 0. The maximum Gasteiger partial charge on any atom is 0.315 e. The third kappa shape index (κ3) is 5.25. The van der Waals surface area contributed by atoms with Crippen LogP contribution in [-0.4, -0.2) is 18.6 Å². The topological polar surface area (TPSA) is 41.1 Å². The van der Waals surface area contributed by atoms with Gasteiger partial charge in [0.05, 0.1) is 0 Å². The van der Waals surface area contributed by atoms with Crippen LogP contribution in [0.25, 0.3) is 0 Å². The number of carbonyl (C=O) groups is 1. The summed E-state index contributed by atoms with van der Waals surface area (Å²) in [5, 5.41) is 6.11. The molecule has 3 heteroatoms. The van der Waals surface area contributed by atoms with E-state index < -0.39 is 0 Å². The average molecular weight is 264 g/mol. The summed E-state index contributed by atoms with van der Waals surface area (Å²) in [4.78, 5) is 11.8. The van der Waals surface area contributed by atoms with E-state index in [9.17, 15) is 4.79 Å². The van der Waals surface area contributed by atoms with Gasteiger partial charge in [0.2, 0.25) is 0 Å². The summed E-state index contributed by atoms with van der Waals surface area (Å²) < 4.78 is 0. The Morgan fingerprint density at radius 2 is 2.05 bits per heavy atom. The second-order valence-corrected chi connectivity index (χ2v) is 6.22. The highest BCUT2D eigenvalue weighted by molar-refractivity contribution is 5.74. The van der Waals surface area contributed by atoms with Crippen LogP contribution in [-0.2, 0) is 0 Å². The van der Waals surface area contributed by atoms with Crippen molar-refractivity contribution >= 4 is 6.03 Å². The monoisotopic (exact) mass is 264 g/mol. The van der Waals surface area contributed by atoms with Crippen LogP contribution in [0.1, 0.15) is 64.7 Å². The van der Waals surface area contributed by atoms with Gasteiger partial charge in [-0.15, -0.1) is 0 Å². The van der Waals surface area contributed by atoms with Gasteiger partial charge in [-0.25, -0.2) is 4.79 Å². The van der Waals surface area contributed by atoms with E-state index in [1.54, 1.807) is 0 Å². The molecule has 0 atom stereocenters. The second-order valence-electron chi connectivity index (χ2n) is 6.22. The molecule has 0 radical (unpaired) electrons. The zero-order valence-electron chi connectivity index (χ0n) is 12.2. The van der Waals surface area contributed by atoms with Gasteiger partial charge in [-0.05, 0) is 63.7 Å². The van der Waals surface area contributed by atoms with E-state index in [1.807, 2.05) is 0 Å². The Bertz CT molecular complexity index is 317. The van der Waals surface area contributed by atoms with Crippen molar-refractivity contribution in [1.82, 2.24) is 10.6 Å². The number of hydrogen-bond donors (Lipinski definition) is 2. The molecule has 3 nitrogen and oxygen atoms in total. The van der Waals surface area contributed by atoms with Gasteiger partial charge in [0.1, 0.15) is 0 Å². The first-order valence-electron chi connectivity index (χ1n) is 7.96. The van der Waals surface area contributed by atoms with Gasteiger partial charge in [0.15, 0.2) is 0 Å². The lowest BCUT2D eigenvalue weighted by atomic mass is 9.87. The van der Waals surface area contributed by atoms with Crippen LogP contribution < -0.4 is 10.6 Å². The Morgan fingerprint density at radius 1 is 1.26 bits per heavy atom. The Kier molecular flexibility index (Phi) is 5.74. The summed E-state index contributed by atoms with van der Waals surface area (Å²) in [5.41, 5.74) is 1.53. The molecule has 108 valence electrons. The molecule has 2 aliphatic carbocycles. The third-order valence-corrected chi connectivity index (χ3v) is 4.47. The molecule has 0 spiro atoms. The number of urea groups is 1. The van der Waals surface area contributed by atoms with Gasteiger partial charge in [-0.3, -0.25) is 0 Å². The minimum atomic E-state index is 0.0240. The summed E-state index contributed by atoms with van der Waals surface area (Å²) in [7, 11) is 0. The summed E-state index contributed by atoms with van der Waals surface area (Å²) in [6.45, 7) is 3.08. The van der Waals surface area contributed by atoms with Crippen molar-refractivity contribution in [2.45, 2.75) is 70.8 Å². The number of amides is 2. The molecule has 2 rings (SSSR count). The van der Waals surface area contributed by atoms with E-state index in [1.165, 1.54) is 44.1 Å². The van der Waals surface area contributed by atoms with Gasteiger partial charge in [0, 0.05) is 12.6 Å². The van der Waals surface area contributed by atoms with Crippen LogP contribution in [0.4, 0.5) is 4.79 Å². The summed E-state index contributed by atoms with van der Waals surface area (Å²) in [5.74, 6) is 0.833. The van der Waals surface area contributed by atoms with Crippen molar-refractivity contribution < 1.29 is 4.79 Å². The molecule has 0 bridgehead atoms. The lowest BCUT2D eigenvalue weighted by Crippen LogP contribution is -2.43. The van der Waals surface area contributed by atoms with Crippen molar-refractivity contribution in [3.8, 4) is 0 Å². The molecular formula is C16H28N2O. The molecule has 1 saturated carbocycles. The largest absolute Gasteiger partial charge is 0.338 e. The molecule has 0 unspecified atom stereocenters. The minimum absolute atomic E-state index is 0.0240. The molecule has 0 aliphatic heterocycles. The van der Waals surface area contributed by atoms with Crippen molar-refractivity contribution in [3.63, 3.8) is 0 Å². The predicted octanol–water partition coefficient (Wildman–Crippen LogP) is 3.75. The van der Waals surface area contributed by atoms with Gasteiger partial charge in [-0.2, -0.15) is 0 Å². The molecule has 0 aromatic heterocycles. The predicted molar refractivity (Wildman–Crippen MR) is 79.1 cm³/mol. The summed E-state index contributed by atoms with van der Waals surface area (Å²) in [6.07, 6.45) is 13.2. The average Bonchev–Trinajstić information content (AvgIpc) is 2.43. The number of carbonyl (C=O) groups excluding carboxylic acids is 1. The lowest BCUT2D eigenvalue weighted by molar-refractivity contribution is 0.228. The smallest absolute Gasteiger partial charge is 0.315 e. The highest BCUT2D eigenvalue weighted by atomic mass is 16.2. The molecule has 0 saturated heterocycles. The molecule has 2 aliphatic rings. The third-order valence-electron chi connectivity index (χ3n) is 4.47. The van der Waals surface area contributed by atoms with Gasteiger partial charge in [-0.1, -0.05) is 18.6 Å². The molecule has 2 N–H and O–H groups in total. The lowest BCUT2D eigenvalue weighted by Gasteiger charge is -2.27. The van der Waals surface area contributed by atoms with Crippen LogP contribution in [0.3, 0.4) is 0 Å². The standard InChI is InChI=1S/C16H28N2O/c1-13-7-9-15(10-8-13)18-16(19)17-12-11-14-5-3-2-4-6-14/h5,13,15H,2-4,6-12H2,1H3,(H2,17,18,19). The maximum atomic E-state index is 11.8. The van der Waals surface area contributed by atoms with E-state index in [4.69, 9.17) is 0 Å². The molecule has 1 fully saturated rings. The fraction of sp³-hybridized carbons (Fsp3) is 0.812. The maximum absolute atomic E-state index is 11.8. The van der Waals surface area contributed by atoms with E-state index in [0.29, 0.717) is 6.04 Å². The fourth-order valence-corrected chi connectivity index (χ4v) is 3.11. The van der Waals surface area contributed by atoms with Crippen molar-refractivity contribution in [2.75, 3.05) is 6.54 Å². The SMILES string of the molecule is CC1CCC(NC(=O)NCCC2=CCCCC2)CC1. The number of hydrogen-bond acceptors (Lipinski definition) is 1. The second kappa shape index (κ2) is 7.56. The van der Waals surface area contributed by atoms with Crippen molar-refractivity contribution in [2.24, 2.45) is 5.92 Å². The van der Waals surface area contributed by atoms with Crippen molar-refractivity contribution in [3.05, 3.63) is 11.6 Å². The van der Waals surface area contributed by atoms with Crippen LogP contribution >= 0.6 is 0 Å². The van der Waals surface area contributed by atoms with Gasteiger partial charge in [0.25, 0.3) is 0 Å². The van der Waals surface area contributed by atoms with Crippen LogP contribution in [0, 0.1) is 5.92 Å². The molecular weight excluding hydrogens is 236 g/mol. The first-order valence-corrected chi connectivity index (χ1v) is 7.96. The number of allylic oxidation sites excluding steroid dienone is 1. The van der Waals surface area contributed by atoms with Crippen LogP contribution in [0.5, 0.6) is 0 Å². The first kappa shape index (κ1) is 14.4. The Hall–Kier alpha value is -0.990. The molecule has 19 heavy (non-hydrogen) atoms. The van der Waals surface area contributed by atoms with Crippen LogP contribution in [0.2, 0.25) is 0 Å². The van der Waals surface area contributed by atoms with Gasteiger partial charge < -0.3 is 10.6 Å². The number of rotatable bonds is 4. The molecule has 0 aromatic carbocycles. The summed E-state index contributed by atoms with van der Waals surface area (Å²) in [6, 6.07) is 0.418. The highest BCUT2D eigenvalue weighted by Crippen LogP contribution is 2.23. The Balaban J connectivity index is 1.58. The minimum Gasteiger partial charge on any atom is -0.338 e. The molecule has 0 heterocycles. The number of nitrogens with one attached hydrogen (secondary N) is 2. The van der Waals surface area contributed by atoms with Crippen molar-refractivity contribution in [1.29, 1.82) is 0 Å². The first-order chi connectivity index (χ1) is 9.24. The van der Waals surface area contributed by atoms with E-state index in [2.05, 4.69) is 23.6 Å². The zero-order valence-corrected chi connectivity index (χ0v) is 12.2. The quantitative estimate of drug-likeness (QED) is 0.746. The highest BCUT2D eigenvalue weighted by Gasteiger charge is 2.19. The van der Waals surface area contributed by atoms with E-state index >= 15 is 0 Å². The van der Waals surface area contributed by atoms with Gasteiger partial charge >= 0.3 is 6.03 Å². The Labute approximate surface area is 117 Å². The van der Waals surface area contributed by atoms with E-state index in [0.717, 1.165) is 31.7 Å². The zero-order chi connectivity index (χ0) is 13.5. The molecule has 2 amide bonds. The normalized spacial score (nSPS) is 27.5. The van der Waals surface area contributed by atoms with Crippen LogP contribution in [0.15, 0.2) is 11.6 Å². The molecule has 0 aromatic rings. The Morgan fingerprint density at radius 3 is 2.74 bits per heavy atom. The fourth-order valence-electron chi connectivity index (χ4n) is 3.11. The van der Waals surface area contributed by atoms with E-state index in [-0.39, 0.29) is 6.03 Å².